The highest BCUT2D eigenvalue weighted by Crippen LogP contribution is 2.17. The molecular weight excluding hydrogens is 270 g/mol. The molecule has 2 aromatic carbocycles. The molecule has 0 aromatic heterocycles. The minimum atomic E-state index is -1.04. The van der Waals surface area contributed by atoms with E-state index in [1.54, 1.807) is 25.1 Å². The van der Waals surface area contributed by atoms with E-state index in [4.69, 9.17) is 9.84 Å². The van der Waals surface area contributed by atoms with Gasteiger partial charge in [0.05, 0.1) is 5.56 Å². The molecule has 5 heteroatoms. The van der Waals surface area contributed by atoms with Gasteiger partial charge >= 0.3 is 5.97 Å². The minimum absolute atomic E-state index is 0.125. The van der Waals surface area contributed by atoms with Crippen molar-refractivity contribution in [1.82, 2.24) is 0 Å². The number of anilines is 1. The van der Waals surface area contributed by atoms with Crippen LogP contribution in [0.15, 0.2) is 48.5 Å². The molecule has 2 aromatic rings. The van der Waals surface area contributed by atoms with Crippen LogP contribution in [0.1, 0.15) is 15.9 Å². The van der Waals surface area contributed by atoms with Gasteiger partial charge in [-0.1, -0.05) is 24.3 Å². The number of aryl methyl sites for hydroxylation is 1. The Labute approximate surface area is 122 Å². The number of nitrogens with one attached hydrogen (secondary N) is 1. The molecule has 0 aliphatic carbocycles. The fourth-order valence-electron chi connectivity index (χ4n) is 1.74. The Bertz CT molecular complexity index is 653. The molecule has 0 aliphatic heterocycles. The van der Waals surface area contributed by atoms with Crippen molar-refractivity contribution in [3.63, 3.8) is 0 Å². The van der Waals surface area contributed by atoms with E-state index in [0.717, 1.165) is 5.56 Å². The lowest BCUT2D eigenvalue weighted by atomic mass is 10.1. The standard InChI is InChI=1S/C16H15NO4/c1-11-7-8-12(16(19)20)9-14(11)17-15(18)10-21-13-5-3-2-4-6-13/h2-9H,10H2,1H3,(H,17,18)(H,19,20). The number of rotatable bonds is 5. The number of carboxylic acids is 1. The number of benzene rings is 2. The Morgan fingerprint density at radius 1 is 1.14 bits per heavy atom. The van der Waals surface area contributed by atoms with Gasteiger partial charge < -0.3 is 15.2 Å². The first kappa shape index (κ1) is 14.6. The molecule has 0 bridgehead atoms. The summed E-state index contributed by atoms with van der Waals surface area (Å²) < 4.78 is 5.33. The molecule has 0 saturated carbocycles. The summed E-state index contributed by atoms with van der Waals surface area (Å²) in [6.07, 6.45) is 0. The molecule has 0 heterocycles. The zero-order valence-electron chi connectivity index (χ0n) is 11.5. The maximum atomic E-state index is 11.8. The summed E-state index contributed by atoms with van der Waals surface area (Å²) in [5, 5.41) is 11.6. The van der Waals surface area contributed by atoms with Gasteiger partial charge in [-0.3, -0.25) is 4.79 Å². The van der Waals surface area contributed by atoms with Crippen LogP contribution in [0.2, 0.25) is 0 Å². The normalized spacial score (nSPS) is 9.95. The van der Waals surface area contributed by atoms with Gasteiger partial charge in [0.2, 0.25) is 0 Å². The van der Waals surface area contributed by atoms with Crippen LogP contribution in [0.25, 0.3) is 0 Å². The van der Waals surface area contributed by atoms with Crippen LogP contribution >= 0.6 is 0 Å². The molecule has 1 amide bonds. The van der Waals surface area contributed by atoms with Crippen molar-refractivity contribution in [2.45, 2.75) is 6.92 Å². The van der Waals surface area contributed by atoms with Crippen molar-refractivity contribution in [1.29, 1.82) is 0 Å². The van der Waals surface area contributed by atoms with Crippen molar-refractivity contribution < 1.29 is 19.4 Å². The van der Waals surface area contributed by atoms with E-state index in [1.807, 2.05) is 18.2 Å². The van der Waals surface area contributed by atoms with Crippen LogP contribution in [-0.4, -0.2) is 23.6 Å². The summed E-state index contributed by atoms with van der Waals surface area (Å²) in [7, 11) is 0. The first-order valence-corrected chi connectivity index (χ1v) is 6.38. The predicted octanol–water partition coefficient (Wildman–Crippen LogP) is 2.71. The smallest absolute Gasteiger partial charge is 0.335 e. The Morgan fingerprint density at radius 3 is 2.52 bits per heavy atom. The summed E-state index contributed by atoms with van der Waals surface area (Å²) in [4.78, 5) is 22.8. The topological polar surface area (TPSA) is 75.6 Å². The van der Waals surface area contributed by atoms with Gasteiger partial charge in [0.25, 0.3) is 5.91 Å². The Kier molecular flexibility index (Phi) is 4.56. The highest BCUT2D eigenvalue weighted by atomic mass is 16.5. The second kappa shape index (κ2) is 6.56. The predicted molar refractivity (Wildman–Crippen MR) is 78.7 cm³/mol. The van der Waals surface area contributed by atoms with Gasteiger partial charge in [-0.15, -0.1) is 0 Å². The van der Waals surface area contributed by atoms with E-state index in [0.29, 0.717) is 11.4 Å². The van der Waals surface area contributed by atoms with Crippen molar-refractivity contribution in [3.8, 4) is 5.75 Å². The Morgan fingerprint density at radius 2 is 1.86 bits per heavy atom. The van der Waals surface area contributed by atoms with E-state index in [9.17, 15) is 9.59 Å². The van der Waals surface area contributed by atoms with Crippen molar-refractivity contribution in [2.75, 3.05) is 11.9 Å². The van der Waals surface area contributed by atoms with E-state index in [2.05, 4.69) is 5.32 Å². The highest BCUT2D eigenvalue weighted by Gasteiger charge is 2.09. The molecule has 0 spiro atoms. The SMILES string of the molecule is Cc1ccc(C(=O)O)cc1NC(=O)COc1ccccc1. The third kappa shape index (κ3) is 4.07. The molecule has 0 radical (unpaired) electrons. The second-order valence-corrected chi connectivity index (χ2v) is 4.48. The average molecular weight is 285 g/mol. The van der Waals surface area contributed by atoms with Gasteiger partial charge in [0, 0.05) is 5.69 Å². The van der Waals surface area contributed by atoms with Gasteiger partial charge in [0.15, 0.2) is 6.61 Å². The molecule has 0 unspecified atom stereocenters. The lowest BCUT2D eigenvalue weighted by Crippen LogP contribution is -2.20. The molecule has 5 nitrogen and oxygen atoms in total. The third-order valence-electron chi connectivity index (χ3n) is 2.87. The zero-order valence-corrected chi connectivity index (χ0v) is 11.5. The largest absolute Gasteiger partial charge is 0.484 e. The van der Waals surface area contributed by atoms with Crippen LogP contribution < -0.4 is 10.1 Å². The number of hydrogen-bond acceptors (Lipinski definition) is 3. The lowest BCUT2D eigenvalue weighted by molar-refractivity contribution is -0.118. The fourth-order valence-corrected chi connectivity index (χ4v) is 1.74. The van der Waals surface area contributed by atoms with Crippen LogP contribution in [-0.2, 0) is 4.79 Å². The maximum Gasteiger partial charge on any atom is 0.335 e. The quantitative estimate of drug-likeness (QED) is 0.885. The fraction of sp³-hybridized carbons (Fsp3) is 0.125. The number of aromatic carboxylic acids is 1. The number of carbonyl (C=O) groups excluding carboxylic acids is 1. The third-order valence-corrected chi connectivity index (χ3v) is 2.87. The number of carbonyl (C=O) groups is 2. The number of amides is 1. The van der Waals surface area contributed by atoms with E-state index >= 15 is 0 Å². The van der Waals surface area contributed by atoms with Crippen LogP contribution in [0, 0.1) is 6.92 Å². The summed E-state index contributed by atoms with van der Waals surface area (Å²) in [5.41, 5.74) is 1.38. The van der Waals surface area contributed by atoms with Crippen molar-refractivity contribution in [2.24, 2.45) is 0 Å². The van der Waals surface area contributed by atoms with Crippen molar-refractivity contribution in [3.05, 3.63) is 59.7 Å². The zero-order chi connectivity index (χ0) is 15.2. The van der Waals surface area contributed by atoms with Crippen LogP contribution in [0.5, 0.6) is 5.75 Å². The summed E-state index contributed by atoms with van der Waals surface area (Å²) >= 11 is 0. The molecule has 0 saturated heterocycles. The van der Waals surface area contributed by atoms with Gasteiger partial charge in [-0.25, -0.2) is 4.79 Å². The Hall–Kier alpha value is -2.82. The number of ether oxygens (including phenoxy) is 1. The van der Waals surface area contributed by atoms with Crippen LogP contribution in [0.4, 0.5) is 5.69 Å². The molecule has 0 atom stereocenters. The first-order chi connectivity index (χ1) is 10.1. The molecule has 0 aliphatic rings. The molecule has 0 fully saturated rings. The highest BCUT2D eigenvalue weighted by molar-refractivity contribution is 5.95. The number of hydrogen-bond donors (Lipinski definition) is 2. The molecule has 2 N–H and O–H groups in total. The van der Waals surface area contributed by atoms with Crippen LogP contribution in [0.3, 0.4) is 0 Å². The molecular formula is C16H15NO4. The average Bonchev–Trinajstić information content (AvgIpc) is 2.48. The number of para-hydroxylation sites is 1. The first-order valence-electron chi connectivity index (χ1n) is 6.38. The van der Waals surface area contributed by atoms with E-state index in [1.165, 1.54) is 12.1 Å². The molecule has 21 heavy (non-hydrogen) atoms. The number of carboxylic acid groups (broad SMARTS) is 1. The lowest BCUT2D eigenvalue weighted by Gasteiger charge is -2.10. The van der Waals surface area contributed by atoms with E-state index in [-0.39, 0.29) is 18.1 Å². The molecule has 108 valence electrons. The van der Waals surface area contributed by atoms with Crippen molar-refractivity contribution >= 4 is 17.6 Å². The Balaban J connectivity index is 1.99. The van der Waals surface area contributed by atoms with Gasteiger partial charge in [0.1, 0.15) is 5.75 Å². The second-order valence-electron chi connectivity index (χ2n) is 4.48. The minimum Gasteiger partial charge on any atom is -0.484 e. The van der Waals surface area contributed by atoms with E-state index < -0.39 is 5.97 Å². The molecule has 2 rings (SSSR count). The monoisotopic (exact) mass is 285 g/mol. The summed E-state index contributed by atoms with van der Waals surface area (Å²) in [6, 6.07) is 13.6. The maximum absolute atomic E-state index is 11.8. The van der Waals surface area contributed by atoms with Gasteiger partial charge in [-0.05, 0) is 36.8 Å². The summed E-state index contributed by atoms with van der Waals surface area (Å²) in [5.74, 6) is -0.779. The summed E-state index contributed by atoms with van der Waals surface area (Å²) in [6.45, 7) is 1.65. The van der Waals surface area contributed by atoms with Gasteiger partial charge in [-0.2, -0.15) is 0 Å².